The molecule has 1 aromatic heterocycles. The molecule has 28 heavy (non-hydrogen) atoms. The first-order chi connectivity index (χ1) is 13.7. The standard InChI is InChI=1S/C23H31N3O2/c1-3-26-17-15-24-21(26)18-25-16-9-14-23(19-25,22(27)28-4-2)13-8-12-20-10-6-5-7-11-20/h5-8,10-12,15,17H,3-4,9,13-14,16,18-19H2,1-2H3. The molecule has 5 nitrogen and oxygen atoms in total. The molecule has 5 heteroatoms. The number of piperidine rings is 1. The second-order valence-corrected chi connectivity index (χ2v) is 7.46. The molecule has 1 aromatic carbocycles. The fourth-order valence-electron chi connectivity index (χ4n) is 4.03. The van der Waals surface area contributed by atoms with Crippen LogP contribution < -0.4 is 0 Å². The van der Waals surface area contributed by atoms with Gasteiger partial charge < -0.3 is 9.30 Å². The summed E-state index contributed by atoms with van der Waals surface area (Å²) in [6.07, 6.45) is 10.6. The van der Waals surface area contributed by atoms with Crippen LogP contribution in [-0.2, 0) is 22.6 Å². The summed E-state index contributed by atoms with van der Waals surface area (Å²) >= 11 is 0. The molecule has 2 heterocycles. The molecule has 1 aliphatic heterocycles. The highest BCUT2D eigenvalue weighted by Gasteiger charge is 2.42. The molecule has 1 unspecified atom stereocenters. The van der Waals surface area contributed by atoms with Crippen molar-refractivity contribution in [2.45, 2.75) is 46.2 Å². The van der Waals surface area contributed by atoms with Gasteiger partial charge in [-0.1, -0.05) is 42.5 Å². The Morgan fingerprint density at radius 2 is 2.11 bits per heavy atom. The molecule has 2 aromatic rings. The van der Waals surface area contributed by atoms with E-state index < -0.39 is 5.41 Å². The van der Waals surface area contributed by atoms with Crippen LogP contribution in [0.25, 0.3) is 6.08 Å². The van der Waals surface area contributed by atoms with E-state index in [2.05, 4.69) is 45.7 Å². The number of carbonyl (C=O) groups excluding carboxylic acids is 1. The SMILES string of the molecule is CCOC(=O)C1(CC=Cc2ccccc2)CCCN(Cc2nccn2CC)C1. The molecule has 1 saturated heterocycles. The largest absolute Gasteiger partial charge is 0.466 e. The minimum absolute atomic E-state index is 0.0729. The quantitative estimate of drug-likeness (QED) is 0.645. The van der Waals surface area contributed by atoms with E-state index in [0.717, 1.165) is 43.9 Å². The van der Waals surface area contributed by atoms with Gasteiger partial charge in [0.25, 0.3) is 0 Å². The molecule has 0 saturated carbocycles. The Bertz CT molecular complexity index is 784. The van der Waals surface area contributed by atoms with Crippen LogP contribution in [0.1, 0.15) is 44.5 Å². The predicted octanol–water partition coefficient (Wildman–Crippen LogP) is 4.15. The summed E-state index contributed by atoms with van der Waals surface area (Å²) < 4.78 is 7.66. The Morgan fingerprint density at radius 3 is 2.86 bits per heavy atom. The predicted molar refractivity (Wildman–Crippen MR) is 112 cm³/mol. The van der Waals surface area contributed by atoms with Crippen LogP contribution in [0.3, 0.4) is 0 Å². The van der Waals surface area contributed by atoms with Crippen molar-refractivity contribution in [3.05, 3.63) is 60.2 Å². The van der Waals surface area contributed by atoms with Crippen LogP contribution in [-0.4, -0.2) is 40.1 Å². The number of nitrogens with zero attached hydrogens (tertiary/aromatic N) is 3. The van der Waals surface area contributed by atoms with Crippen molar-refractivity contribution in [3.8, 4) is 0 Å². The molecule has 1 aliphatic rings. The maximum atomic E-state index is 12.9. The van der Waals surface area contributed by atoms with Crippen LogP contribution in [0.4, 0.5) is 0 Å². The van der Waals surface area contributed by atoms with Gasteiger partial charge in [-0.15, -0.1) is 0 Å². The lowest BCUT2D eigenvalue weighted by Crippen LogP contribution is -2.48. The van der Waals surface area contributed by atoms with Crippen molar-refractivity contribution in [2.24, 2.45) is 5.41 Å². The van der Waals surface area contributed by atoms with Crippen LogP contribution in [0.5, 0.6) is 0 Å². The average molecular weight is 382 g/mol. The Morgan fingerprint density at radius 1 is 1.29 bits per heavy atom. The van der Waals surface area contributed by atoms with E-state index in [1.165, 1.54) is 0 Å². The van der Waals surface area contributed by atoms with Crippen LogP contribution in [0, 0.1) is 5.41 Å². The van der Waals surface area contributed by atoms with Crippen molar-refractivity contribution in [1.82, 2.24) is 14.5 Å². The van der Waals surface area contributed by atoms with E-state index in [1.807, 2.05) is 37.5 Å². The Labute approximate surface area is 168 Å². The molecule has 0 N–H and O–H groups in total. The Kier molecular flexibility index (Phi) is 7.04. The molecule has 0 bridgehead atoms. The lowest BCUT2D eigenvalue weighted by Gasteiger charge is -2.40. The van der Waals surface area contributed by atoms with E-state index in [-0.39, 0.29) is 5.97 Å². The zero-order valence-electron chi connectivity index (χ0n) is 17.0. The first-order valence-corrected chi connectivity index (χ1v) is 10.3. The fraction of sp³-hybridized carbons (Fsp3) is 0.478. The summed E-state index contributed by atoms with van der Waals surface area (Å²) in [7, 11) is 0. The Balaban J connectivity index is 1.74. The normalized spacial score (nSPS) is 20.5. The Hall–Kier alpha value is -2.40. The third kappa shape index (κ3) is 4.90. The first kappa shape index (κ1) is 20.3. The molecular formula is C23H31N3O2. The summed E-state index contributed by atoms with van der Waals surface area (Å²) in [5.74, 6) is 0.984. The van der Waals surface area contributed by atoms with E-state index in [9.17, 15) is 4.79 Å². The lowest BCUT2D eigenvalue weighted by atomic mass is 9.76. The molecule has 0 aliphatic carbocycles. The number of aromatic nitrogens is 2. The zero-order chi connectivity index (χ0) is 19.8. The highest BCUT2D eigenvalue weighted by Crippen LogP contribution is 2.36. The highest BCUT2D eigenvalue weighted by molar-refractivity contribution is 5.77. The fourth-order valence-corrected chi connectivity index (χ4v) is 4.03. The van der Waals surface area contributed by atoms with Gasteiger partial charge in [0.05, 0.1) is 18.6 Å². The number of carbonyl (C=O) groups is 1. The second kappa shape index (κ2) is 9.69. The van der Waals surface area contributed by atoms with Crippen molar-refractivity contribution in [2.75, 3.05) is 19.7 Å². The molecule has 0 radical (unpaired) electrons. The summed E-state index contributed by atoms with van der Waals surface area (Å²) in [4.78, 5) is 19.8. The summed E-state index contributed by atoms with van der Waals surface area (Å²) in [6.45, 7) is 7.80. The highest BCUT2D eigenvalue weighted by atomic mass is 16.5. The average Bonchev–Trinajstić information content (AvgIpc) is 3.16. The van der Waals surface area contributed by atoms with Crippen molar-refractivity contribution < 1.29 is 9.53 Å². The van der Waals surface area contributed by atoms with Crippen LogP contribution in [0.2, 0.25) is 0 Å². The third-order valence-electron chi connectivity index (χ3n) is 5.49. The van der Waals surface area contributed by atoms with Crippen molar-refractivity contribution in [3.63, 3.8) is 0 Å². The maximum absolute atomic E-state index is 12.9. The van der Waals surface area contributed by atoms with E-state index in [0.29, 0.717) is 19.6 Å². The summed E-state index contributed by atoms with van der Waals surface area (Å²) in [5, 5.41) is 0. The zero-order valence-corrected chi connectivity index (χ0v) is 17.0. The van der Waals surface area contributed by atoms with Gasteiger partial charge in [-0.2, -0.15) is 0 Å². The number of hydrogen-bond acceptors (Lipinski definition) is 4. The van der Waals surface area contributed by atoms with Gasteiger partial charge in [-0.3, -0.25) is 9.69 Å². The number of ether oxygens (including phenoxy) is 1. The smallest absolute Gasteiger partial charge is 0.313 e. The molecule has 150 valence electrons. The van der Waals surface area contributed by atoms with E-state index in [4.69, 9.17) is 4.74 Å². The van der Waals surface area contributed by atoms with Gasteiger partial charge in [0.15, 0.2) is 0 Å². The number of aryl methyl sites for hydroxylation is 1. The monoisotopic (exact) mass is 381 g/mol. The van der Waals surface area contributed by atoms with Gasteiger partial charge in [0, 0.05) is 25.5 Å². The van der Waals surface area contributed by atoms with Gasteiger partial charge in [0.1, 0.15) is 5.82 Å². The van der Waals surface area contributed by atoms with Gasteiger partial charge in [-0.25, -0.2) is 4.98 Å². The summed E-state index contributed by atoms with van der Waals surface area (Å²) in [6, 6.07) is 10.2. The van der Waals surface area contributed by atoms with Gasteiger partial charge in [-0.05, 0) is 45.2 Å². The number of imidazole rings is 1. The van der Waals surface area contributed by atoms with E-state index >= 15 is 0 Å². The third-order valence-corrected chi connectivity index (χ3v) is 5.49. The minimum Gasteiger partial charge on any atom is -0.466 e. The first-order valence-electron chi connectivity index (χ1n) is 10.3. The summed E-state index contributed by atoms with van der Waals surface area (Å²) in [5.41, 5.74) is 0.669. The molecule has 3 rings (SSSR count). The molecular weight excluding hydrogens is 350 g/mol. The lowest BCUT2D eigenvalue weighted by molar-refractivity contribution is -0.159. The number of likely N-dealkylation sites (tertiary alicyclic amines) is 1. The molecule has 0 spiro atoms. The number of benzene rings is 1. The number of esters is 1. The second-order valence-electron chi connectivity index (χ2n) is 7.46. The van der Waals surface area contributed by atoms with Gasteiger partial charge in [0.2, 0.25) is 0 Å². The van der Waals surface area contributed by atoms with Gasteiger partial charge >= 0.3 is 5.97 Å². The minimum atomic E-state index is -0.483. The van der Waals surface area contributed by atoms with E-state index in [1.54, 1.807) is 0 Å². The molecule has 0 amide bonds. The topological polar surface area (TPSA) is 47.4 Å². The number of hydrogen-bond donors (Lipinski definition) is 0. The molecule has 1 atom stereocenters. The van der Waals surface area contributed by atoms with Crippen molar-refractivity contribution in [1.29, 1.82) is 0 Å². The number of allylic oxidation sites excluding steroid dienone is 1. The maximum Gasteiger partial charge on any atom is 0.313 e. The van der Waals surface area contributed by atoms with Crippen molar-refractivity contribution >= 4 is 12.0 Å². The van der Waals surface area contributed by atoms with Crippen LogP contribution >= 0.6 is 0 Å². The van der Waals surface area contributed by atoms with Crippen LogP contribution in [0.15, 0.2) is 48.8 Å². The molecule has 1 fully saturated rings. The number of rotatable bonds is 8.